The molecule has 1 aromatic carbocycles. The zero-order valence-corrected chi connectivity index (χ0v) is 14.2. The second-order valence-corrected chi connectivity index (χ2v) is 5.62. The molecule has 112 valence electrons. The molecule has 21 heavy (non-hydrogen) atoms. The Morgan fingerprint density at radius 2 is 1.86 bits per heavy atom. The van der Waals surface area contributed by atoms with Gasteiger partial charge in [-0.15, -0.1) is 0 Å². The maximum atomic E-state index is 4.41. The van der Waals surface area contributed by atoms with E-state index in [1.165, 1.54) is 5.56 Å². The van der Waals surface area contributed by atoms with E-state index in [0.29, 0.717) is 17.8 Å². The van der Waals surface area contributed by atoms with Gasteiger partial charge in [-0.05, 0) is 30.2 Å². The SMILES string of the molecule is CCc1cc(Br)ccc1Nc1nc(NC)nc(N(C)C)n1. The van der Waals surface area contributed by atoms with Gasteiger partial charge in [-0.2, -0.15) is 15.0 Å². The molecule has 0 spiro atoms. The van der Waals surface area contributed by atoms with Gasteiger partial charge in [0, 0.05) is 31.3 Å². The van der Waals surface area contributed by atoms with Gasteiger partial charge in [-0.3, -0.25) is 0 Å². The van der Waals surface area contributed by atoms with E-state index in [-0.39, 0.29) is 0 Å². The molecule has 0 unspecified atom stereocenters. The Bertz CT molecular complexity index is 629. The number of hydrogen-bond donors (Lipinski definition) is 2. The van der Waals surface area contributed by atoms with Gasteiger partial charge >= 0.3 is 0 Å². The summed E-state index contributed by atoms with van der Waals surface area (Å²) in [7, 11) is 5.58. The monoisotopic (exact) mass is 350 g/mol. The lowest BCUT2D eigenvalue weighted by Gasteiger charge is -2.14. The van der Waals surface area contributed by atoms with Crippen molar-refractivity contribution in [3.63, 3.8) is 0 Å². The predicted octanol–water partition coefficient (Wildman–Crippen LogP) is 3.05. The lowest BCUT2D eigenvalue weighted by molar-refractivity contribution is 0.962. The Balaban J connectivity index is 2.37. The Hall–Kier alpha value is -1.89. The largest absolute Gasteiger partial charge is 0.357 e. The molecule has 0 aliphatic heterocycles. The minimum absolute atomic E-state index is 0.523. The average Bonchev–Trinajstić information content (AvgIpc) is 2.48. The fourth-order valence-electron chi connectivity index (χ4n) is 1.83. The molecule has 2 N–H and O–H groups in total. The summed E-state index contributed by atoms with van der Waals surface area (Å²) in [6.07, 6.45) is 0.923. The van der Waals surface area contributed by atoms with Gasteiger partial charge in [-0.1, -0.05) is 22.9 Å². The van der Waals surface area contributed by atoms with E-state index < -0.39 is 0 Å². The Morgan fingerprint density at radius 3 is 2.48 bits per heavy atom. The molecule has 0 amide bonds. The molecule has 0 atom stereocenters. The van der Waals surface area contributed by atoms with E-state index in [1.807, 2.05) is 31.1 Å². The molecule has 0 fully saturated rings. The first kappa shape index (κ1) is 15.5. The quantitative estimate of drug-likeness (QED) is 0.863. The van der Waals surface area contributed by atoms with Crippen LogP contribution in [0.25, 0.3) is 0 Å². The second kappa shape index (κ2) is 6.71. The summed E-state index contributed by atoms with van der Waals surface area (Å²) < 4.78 is 1.06. The summed E-state index contributed by atoms with van der Waals surface area (Å²) in [4.78, 5) is 14.9. The molecule has 0 aliphatic rings. The standard InChI is InChI=1S/C14H19BrN6/c1-5-9-8-10(15)6-7-11(9)17-13-18-12(16-2)19-14(20-13)21(3)4/h6-8H,5H2,1-4H3,(H2,16,17,18,19,20). The highest BCUT2D eigenvalue weighted by Crippen LogP contribution is 2.24. The number of aryl methyl sites for hydroxylation is 1. The third-order valence-corrected chi connectivity index (χ3v) is 3.44. The third kappa shape index (κ3) is 3.81. The number of aromatic nitrogens is 3. The molecule has 7 heteroatoms. The van der Waals surface area contributed by atoms with Crippen molar-refractivity contribution in [1.82, 2.24) is 15.0 Å². The van der Waals surface area contributed by atoms with Crippen molar-refractivity contribution in [2.24, 2.45) is 0 Å². The van der Waals surface area contributed by atoms with Gasteiger partial charge in [0.05, 0.1) is 0 Å². The maximum Gasteiger partial charge on any atom is 0.233 e. The van der Waals surface area contributed by atoms with Crippen LogP contribution in [0.4, 0.5) is 23.5 Å². The van der Waals surface area contributed by atoms with Gasteiger partial charge in [-0.25, -0.2) is 0 Å². The number of nitrogens with one attached hydrogen (secondary N) is 2. The smallest absolute Gasteiger partial charge is 0.233 e. The summed E-state index contributed by atoms with van der Waals surface area (Å²) >= 11 is 3.49. The van der Waals surface area contributed by atoms with Crippen molar-refractivity contribution >= 4 is 39.5 Å². The van der Waals surface area contributed by atoms with E-state index in [2.05, 4.69) is 54.5 Å². The van der Waals surface area contributed by atoms with Crippen LogP contribution in [0.15, 0.2) is 22.7 Å². The van der Waals surface area contributed by atoms with Crippen molar-refractivity contribution in [2.75, 3.05) is 36.7 Å². The number of rotatable bonds is 5. The first-order chi connectivity index (χ1) is 10.0. The van der Waals surface area contributed by atoms with Crippen molar-refractivity contribution in [3.8, 4) is 0 Å². The van der Waals surface area contributed by atoms with Crippen molar-refractivity contribution in [1.29, 1.82) is 0 Å². The van der Waals surface area contributed by atoms with Gasteiger partial charge < -0.3 is 15.5 Å². The van der Waals surface area contributed by atoms with E-state index in [0.717, 1.165) is 16.6 Å². The molecule has 1 aromatic heterocycles. The van der Waals surface area contributed by atoms with Gasteiger partial charge in [0.2, 0.25) is 17.8 Å². The van der Waals surface area contributed by atoms with Crippen LogP contribution in [0.3, 0.4) is 0 Å². The number of halogens is 1. The molecule has 0 saturated carbocycles. The highest BCUT2D eigenvalue weighted by Gasteiger charge is 2.09. The fourth-order valence-corrected chi connectivity index (χ4v) is 2.24. The van der Waals surface area contributed by atoms with Crippen molar-refractivity contribution in [2.45, 2.75) is 13.3 Å². The first-order valence-corrected chi connectivity index (χ1v) is 7.49. The van der Waals surface area contributed by atoms with Crippen molar-refractivity contribution in [3.05, 3.63) is 28.2 Å². The van der Waals surface area contributed by atoms with Crippen LogP contribution < -0.4 is 15.5 Å². The molecular weight excluding hydrogens is 332 g/mol. The van der Waals surface area contributed by atoms with E-state index in [1.54, 1.807) is 7.05 Å². The van der Waals surface area contributed by atoms with E-state index in [9.17, 15) is 0 Å². The zero-order valence-electron chi connectivity index (χ0n) is 12.6. The number of hydrogen-bond acceptors (Lipinski definition) is 6. The summed E-state index contributed by atoms with van der Waals surface area (Å²) in [5.41, 5.74) is 2.20. The Labute approximate surface area is 133 Å². The normalized spacial score (nSPS) is 10.3. The van der Waals surface area contributed by atoms with Crippen LogP contribution in [0, 0.1) is 0 Å². The van der Waals surface area contributed by atoms with Crippen LogP contribution in [-0.4, -0.2) is 36.1 Å². The minimum atomic E-state index is 0.523. The molecule has 0 bridgehead atoms. The van der Waals surface area contributed by atoms with Crippen LogP contribution in [0.5, 0.6) is 0 Å². The molecule has 0 aliphatic carbocycles. The molecule has 1 heterocycles. The predicted molar refractivity (Wildman–Crippen MR) is 90.5 cm³/mol. The minimum Gasteiger partial charge on any atom is -0.357 e. The summed E-state index contributed by atoms with van der Waals surface area (Å²) in [6, 6.07) is 6.10. The van der Waals surface area contributed by atoms with E-state index in [4.69, 9.17) is 0 Å². The van der Waals surface area contributed by atoms with Crippen LogP contribution in [-0.2, 0) is 6.42 Å². The highest BCUT2D eigenvalue weighted by atomic mass is 79.9. The summed E-state index contributed by atoms with van der Waals surface area (Å²) in [6.45, 7) is 2.12. The molecular formula is C14H19BrN6. The average molecular weight is 351 g/mol. The number of anilines is 4. The lowest BCUT2D eigenvalue weighted by atomic mass is 10.1. The molecule has 6 nitrogen and oxygen atoms in total. The van der Waals surface area contributed by atoms with Crippen molar-refractivity contribution < 1.29 is 0 Å². The number of nitrogens with zero attached hydrogens (tertiary/aromatic N) is 4. The highest BCUT2D eigenvalue weighted by molar-refractivity contribution is 9.10. The van der Waals surface area contributed by atoms with E-state index >= 15 is 0 Å². The molecule has 2 aromatic rings. The summed E-state index contributed by atoms with van der Waals surface area (Å²) in [5.74, 6) is 1.66. The second-order valence-electron chi connectivity index (χ2n) is 4.71. The van der Waals surface area contributed by atoms with Crippen LogP contribution in [0.2, 0.25) is 0 Å². The topological polar surface area (TPSA) is 66.0 Å². The first-order valence-electron chi connectivity index (χ1n) is 6.70. The van der Waals surface area contributed by atoms with Gasteiger partial charge in [0.25, 0.3) is 0 Å². The zero-order chi connectivity index (χ0) is 15.4. The van der Waals surface area contributed by atoms with Crippen LogP contribution in [0.1, 0.15) is 12.5 Å². The van der Waals surface area contributed by atoms with Gasteiger partial charge in [0.1, 0.15) is 0 Å². The third-order valence-electron chi connectivity index (χ3n) is 2.94. The van der Waals surface area contributed by atoms with Crippen LogP contribution >= 0.6 is 15.9 Å². The lowest BCUT2D eigenvalue weighted by Crippen LogP contribution is -2.15. The summed E-state index contributed by atoms with van der Waals surface area (Å²) in [5, 5.41) is 6.22. The Morgan fingerprint density at radius 1 is 1.14 bits per heavy atom. The molecule has 2 rings (SSSR count). The Kier molecular flexibility index (Phi) is 4.95. The molecule has 0 radical (unpaired) electrons. The fraction of sp³-hybridized carbons (Fsp3) is 0.357. The molecule has 0 saturated heterocycles. The van der Waals surface area contributed by atoms with Gasteiger partial charge in [0.15, 0.2) is 0 Å². The maximum absolute atomic E-state index is 4.41. The number of benzene rings is 1.